The highest BCUT2D eigenvalue weighted by atomic mass is 16.4. The molecule has 5 N–H and O–H groups in total. The van der Waals surface area contributed by atoms with Crippen LogP contribution in [0.25, 0.3) is 0 Å². The summed E-state index contributed by atoms with van der Waals surface area (Å²) >= 11 is 0. The second kappa shape index (κ2) is 7.19. The molecule has 15 heavy (non-hydrogen) atoms. The number of nitrogens with two attached hydrogens (primary N) is 1. The lowest BCUT2D eigenvalue weighted by Gasteiger charge is -2.16. The average Bonchev–Trinajstić information content (AvgIpc) is 2.15. The molecule has 0 unspecified atom stereocenters. The first kappa shape index (κ1) is 13.9. The Morgan fingerprint density at radius 1 is 1.27 bits per heavy atom. The summed E-state index contributed by atoms with van der Waals surface area (Å²) in [6.07, 6.45) is 1.81. The highest BCUT2D eigenvalue weighted by Crippen LogP contribution is 2.02. The topological polar surface area (TPSA) is 113 Å². The minimum atomic E-state index is -1.06. The van der Waals surface area contributed by atoms with Gasteiger partial charge in [-0.15, -0.1) is 0 Å². The maximum atomic E-state index is 10.8. The van der Waals surface area contributed by atoms with Gasteiger partial charge in [0.05, 0.1) is 0 Å². The molecule has 0 fully saturated rings. The summed E-state index contributed by atoms with van der Waals surface area (Å²) in [4.78, 5) is 21.3. The summed E-state index contributed by atoms with van der Waals surface area (Å²) in [5.74, 6) is -2.08. The van der Waals surface area contributed by atoms with E-state index in [-0.39, 0.29) is 0 Å². The lowest BCUT2D eigenvalue weighted by atomic mass is 10.1. The van der Waals surface area contributed by atoms with Crippen molar-refractivity contribution in [3.63, 3.8) is 0 Å². The minimum Gasteiger partial charge on any atom is -0.480 e. The molecule has 0 heterocycles. The molecular weight excluding hydrogens is 200 g/mol. The molecule has 6 heteroatoms. The first-order valence-electron chi connectivity index (χ1n) is 4.90. The zero-order valence-electron chi connectivity index (χ0n) is 8.77. The zero-order valence-corrected chi connectivity index (χ0v) is 8.77. The zero-order chi connectivity index (χ0) is 11.8. The molecule has 0 saturated heterocycles. The van der Waals surface area contributed by atoms with Gasteiger partial charge in [0.1, 0.15) is 12.1 Å². The molecule has 0 aliphatic carbocycles. The molecule has 0 radical (unpaired) electrons. The summed E-state index contributed by atoms with van der Waals surface area (Å²) in [5, 5.41) is 20.0. The van der Waals surface area contributed by atoms with Crippen LogP contribution in [0.15, 0.2) is 0 Å². The number of nitrogens with one attached hydrogen (secondary N) is 1. The van der Waals surface area contributed by atoms with Crippen LogP contribution in [-0.2, 0) is 9.59 Å². The second-order valence-electron chi connectivity index (χ2n) is 3.40. The predicted octanol–water partition coefficient (Wildman–Crippen LogP) is -0.369. The van der Waals surface area contributed by atoms with Gasteiger partial charge in [-0.1, -0.05) is 6.42 Å². The Morgan fingerprint density at radius 2 is 1.87 bits per heavy atom. The molecule has 0 rings (SSSR count). The standard InChI is InChI=1S/C9H18N2O4/c1-6(8(12)13)11-7(9(14)15)4-2-3-5-10/h6-7,11H,2-5,10H2,1H3,(H,12,13)(H,14,15)/t6-,7+/m1/s1. The van der Waals surface area contributed by atoms with Crippen molar-refractivity contribution in [3.8, 4) is 0 Å². The van der Waals surface area contributed by atoms with Gasteiger partial charge in [0.25, 0.3) is 0 Å². The number of hydrogen-bond donors (Lipinski definition) is 4. The fourth-order valence-electron chi connectivity index (χ4n) is 1.14. The van der Waals surface area contributed by atoms with Crippen LogP contribution in [0.4, 0.5) is 0 Å². The van der Waals surface area contributed by atoms with Gasteiger partial charge in [-0.05, 0) is 26.3 Å². The van der Waals surface area contributed by atoms with Gasteiger partial charge >= 0.3 is 11.9 Å². The van der Waals surface area contributed by atoms with E-state index >= 15 is 0 Å². The van der Waals surface area contributed by atoms with Crippen molar-refractivity contribution in [2.24, 2.45) is 5.73 Å². The van der Waals surface area contributed by atoms with Crippen LogP contribution in [0.5, 0.6) is 0 Å². The van der Waals surface area contributed by atoms with Crippen molar-refractivity contribution in [2.75, 3.05) is 6.54 Å². The van der Waals surface area contributed by atoms with Gasteiger partial charge in [0.15, 0.2) is 0 Å². The van der Waals surface area contributed by atoms with Crippen LogP contribution in [0, 0.1) is 0 Å². The van der Waals surface area contributed by atoms with Gasteiger partial charge in [-0.3, -0.25) is 14.9 Å². The lowest BCUT2D eigenvalue weighted by molar-refractivity contribution is -0.142. The number of carboxylic acids is 2. The number of carboxylic acid groups (broad SMARTS) is 2. The summed E-state index contributed by atoms with van der Waals surface area (Å²) < 4.78 is 0. The molecule has 0 saturated carbocycles. The van der Waals surface area contributed by atoms with Gasteiger partial charge in [0.2, 0.25) is 0 Å². The highest BCUT2D eigenvalue weighted by Gasteiger charge is 2.21. The van der Waals surface area contributed by atoms with E-state index in [0.717, 1.165) is 6.42 Å². The van der Waals surface area contributed by atoms with Crippen molar-refractivity contribution in [1.29, 1.82) is 0 Å². The third-order valence-corrected chi connectivity index (χ3v) is 2.07. The number of aliphatic carboxylic acids is 2. The van der Waals surface area contributed by atoms with Crippen LogP contribution < -0.4 is 11.1 Å². The molecule has 0 aromatic rings. The fraction of sp³-hybridized carbons (Fsp3) is 0.778. The second-order valence-corrected chi connectivity index (χ2v) is 3.40. The maximum absolute atomic E-state index is 10.8. The first-order chi connectivity index (χ1) is 6.99. The van der Waals surface area contributed by atoms with Crippen LogP contribution in [0.3, 0.4) is 0 Å². The number of hydrogen-bond acceptors (Lipinski definition) is 4. The average molecular weight is 218 g/mol. The van der Waals surface area contributed by atoms with Crippen LogP contribution in [0.1, 0.15) is 26.2 Å². The number of rotatable bonds is 8. The number of unbranched alkanes of at least 4 members (excludes halogenated alkanes) is 1. The van der Waals surface area contributed by atoms with Gasteiger partial charge in [-0.25, -0.2) is 0 Å². The Hall–Kier alpha value is -1.14. The summed E-state index contributed by atoms with van der Waals surface area (Å²) in [5.41, 5.74) is 5.28. The lowest BCUT2D eigenvalue weighted by Crippen LogP contribution is -2.45. The molecule has 6 nitrogen and oxygen atoms in total. The molecule has 2 atom stereocenters. The van der Waals surface area contributed by atoms with Gasteiger partial charge in [0, 0.05) is 0 Å². The van der Waals surface area contributed by atoms with Crippen molar-refractivity contribution in [3.05, 3.63) is 0 Å². The molecule has 0 spiro atoms. The van der Waals surface area contributed by atoms with E-state index in [1.807, 2.05) is 0 Å². The minimum absolute atomic E-state index is 0.393. The molecule has 0 bridgehead atoms. The van der Waals surface area contributed by atoms with E-state index in [9.17, 15) is 9.59 Å². The van der Waals surface area contributed by atoms with E-state index in [1.54, 1.807) is 0 Å². The third-order valence-electron chi connectivity index (χ3n) is 2.07. The van der Waals surface area contributed by atoms with Crippen LogP contribution in [0.2, 0.25) is 0 Å². The summed E-state index contributed by atoms with van der Waals surface area (Å²) in [7, 11) is 0. The van der Waals surface area contributed by atoms with E-state index in [2.05, 4.69) is 5.32 Å². The molecule has 0 amide bonds. The van der Waals surface area contributed by atoms with Crippen molar-refractivity contribution < 1.29 is 19.8 Å². The number of carbonyl (C=O) groups is 2. The fourth-order valence-corrected chi connectivity index (χ4v) is 1.14. The quantitative estimate of drug-likeness (QED) is 0.413. The Labute approximate surface area is 88.5 Å². The van der Waals surface area contributed by atoms with Crippen LogP contribution >= 0.6 is 0 Å². The largest absolute Gasteiger partial charge is 0.480 e. The Bertz CT molecular complexity index is 220. The molecular formula is C9H18N2O4. The molecule has 0 aliphatic heterocycles. The molecule has 0 aliphatic rings. The van der Waals surface area contributed by atoms with Crippen molar-refractivity contribution >= 4 is 11.9 Å². The van der Waals surface area contributed by atoms with Crippen LogP contribution in [-0.4, -0.2) is 40.8 Å². The smallest absolute Gasteiger partial charge is 0.320 e. The van der Waals surface area contributed by atoms with Gasteiger partial charge < -0.3 is 15.9 Å². The van der Waals surface area contributed by atoms with Crippen molar-refractivity contribution in [1.82, 2.24) is 5.32 Å². The van der Waals surface area contributed by atoms with E-state index in [4.69, 9.17) is 15.9 Å². The van der Waals surface area contributed by atoms with Crippen molar-refractivity contribution in [2.45, 2.75) is 38.3 Å². The maximum Gasteiger partial charge on any atom is 0.320 e. The predicted molar refractivity (Wildman–Crippen MR) is 54.6 cm³/mol. The molecule has 0 aromatic carbocycles. The Balaban J connectivity index is 4.04. The monoisotopic (exact) mass is 218 g/mol. The Kier molecular flexibility index (Phi) is 6.64. The normalized spacial score (nSPS) is 14.5. The third kappa shape index (κ3) is 6.03. The Morgan fingerprint density at radius 3 is 2.27 bits per heavy atom. The van der Waals surface area contributed by atoms with Gasteiger partial charge in [-0.2, -0.15) is 0 Å². The first-order valence-corrected chi connectivity index (χ1v) is 4.90. The van der Waals surface area contributed by atoms with E-state index in [0.29, 0.717) is 19.4 Å². The molecule has 88 valence electrons. The summed E-state index contributed by atoms with van der Waals surface area (Å²) in [6, 6.07) is -1.67. The molecule has 0 aromatic heterocycles. The summed E-state index contributed by atoms with van der Waals surface area (Å²) in [6.45, 7) is 1.93. The van der Waals surface area contributed by atoms with E-state index < -0.39 is 24.0 Å². The SMILES string of the molecule is C[C@@H](N[C@@H](CCCCN)C(=O)O)C(=O)O. The van der Waals surface area contributed by atoms with E-state index in [1.165, 1.54) is 6.92 Å². The highest BCUT2D eigenvalue weighted by molar-refractivity contribution is 5.77.